The van der Waals surface area contributed by atoms with E-state index < -0.39 is 0 Å². The molecule has 0 radical (unpaired) electrons. The second-order valence-electron chi connectivity index (χ2n) is 8.47. The lowest BCUT2D eigenvalue weighted by molar-refractivity contribution is 0.0544. The van der Waals surface area contributed by atoms with E-state index in [1.165, 1.54) is 0 Å². The summed E-state index contributed by atoms with van der Waals surface area (Å²) in [5.74, 6) is -0.453. The number of carbonyl (C=O) groups excluding carboxylic acids is 3. The highest BCUT2D eigenvalue weighted by Crippen LogP contribution is 2.18. The van der Waals surface area contributed by atoms with Crippen LogP contribution in [0.3, 0.4) is 0 Å². The monoisotopic (exact) mass is 483 g/mol. The number of anilines is 1. The number of nitrogens with zero attached hydrogens (tertiary/aromatic N) is 3. The molecular weight excluding hydrogens is 458 g/mol. The maximum absolute atomic E-state index is 12.9. The fourth-order valence-corrected chi connectivity index (χ4v) is 4.11. The molecular formula is C27H25N5O4. The molecule has 1 aliphatic rings. The summed E-state index contributed by atoms with van der Waals surface area (Å²) in [5.41, 5.74) is 3.10. The fraction of sp³-hybridized carbons (Fsp3) is 0.185. The van der Waals surface area contributed by atoms with Gasteiger partial charge in [0.05, 0.1) is 5.52 Å². The Morgan fingerprint density at radius 3 is 2.25 bits per heavy atom. The number of benzene rings is 3. The summed E-state index contributed by atoms with van der Waals surface area (Å²) in [5, 5.41) is 10.5. The molecule has 1 aliphatic heterocycles. The maximum atomic E-state index is 12.9. The molecule has 9 heteroatoms. The van der Waals surface area contributed by atoms with Crippen molar-refractivity contribution in [1.82, 2.24) is 20.0 Å². The zero-order valence-electron chi connectivity index (χ0n) is 19.5. The lowest BCUT2D eigenvalue weighted by Crippen LogP contribution is -2.50. The molecule has 2 N–H and O–H groups in total. The Labute approximate surface area is 207 Å². The lowest BCUT2D eigenvalue weighted by atomic mass is 10.1. The van der Waals surface area contributed by atoms with Gasteiger partial charge in [0.15, 0.2) is 5.69 Å². The third-order valence-corrected chi connectivity index (χ3v) is 6.11. The Bertz CT molecular complexity index is 1380. The van der Waals surface area contributed by atoms with Crippen LogP contribution in [0.5, 0.6) is 0 Å². The van der Waals surface area contributed by atoms with Crippen LogP contribution in [0.2, 0.25) is 0 Å². The van der Waals surface area contributed by atoms with Crippen LogP contribution >= 0.6 is 0 Å². The summed E-state index contributed by atoms with van der Waals surface area (Å²) in [6, 6.07) is 23.7. The van der Waals surface area contributed by atoms with Crippen molar-refractivity contribution in [1.29, 1.82) is 0 Å². The second kappa shape index (κ2) is 10.3. The first-order valence-electron chi connectivity index (χ1n) is 11.7. The smallest absolute Gasteiger partial charge is 0.410 e. The van der Waals surface area contributed by atoms with Gasteiger partial charge in [0.25, 0.3) is 11.8 Å². The summed E-state index contributed by atoms with van der Waals surface area (Å²) >= 11 is 0. The largest absolute Gasteiger partial charge is 0.445 e. The molecule has 3 aromatic carbocycles. The molecule has 9 nitrogen and oxygen atoms in total. The van der Waals surface area contributed by atoms with Gasteiger partial charge >= 0.3 is 6.09 Å². The van der Waals surface area contributed by atoms with Crippen molar-refractivity contribution < 1.29 is 19.1 Å². The molecule has 0 unspecified atom stereocenters. The number of nitrogens with one attached hydrogen (secondary N) is 2. The highest BCUT2D eigenvalue weighted by Gasteiger charge is 2.26. The zero-order chi connectivity index (χ0) is 24.9. The third-order valence-electron chi connectivity index (χ3n) is 6.11. The molecule has 0 bridgehead atoms. The first-order valence-corrected chi connectivity index (χ1v) is 11.7. The van der Waals surface area contributed by atoms with Crippen LogP contribution in [0.4, 0.5) is 10.5 Å². The van der Waals surface area contributed by atoms with Crippen molar-refractivity contribution in [3.8, 4) is 0 Å². The minimum atomic E-state index is -0.379. The molecule has 1 saturated heterocycles. The number of piperazine rings is 1. The molecule has 1 aromatic heterocycles. The van der Waals surface area contributed by atoms with Crippen LogP contribution in [0.1, 0.15) is 26.4 Å². The van der Waals surface area contributed by atoms with Crippen LogP contribution in [0, 0.1) is 0 Å². The highest BCUT2D eigenvalue weighted by molar-refractivity contribution is 6.11. The van der Waals surface area contributed by atoms with Crippen molar-refractivity contribution in [2.24, 2.45) is 0 Å². The molecule has 4 aromatic rings. The summed E-state index contributed by atoms with van der Waals surface area (Å²) < 4.78 is 5.39. The van der Waals surface area contributed by atoms with Crippen molar-refractivity contribution in [3.05, 3.63) is 95.7 Å². The van der Waals surface area contributed by atoms with E-state index in [4.69, 9.17) is 4.74 Å². The quantitative estimate of drug-likeness (QED) is 0.448. The normalized spacial score (nSPS) is 13.4. The Kier molecular flexibility index (Phi) is 6.61. The number of rotatable bonds is 5. The van der Waals surface area contributed by atoms with Gasteiger partial charge in [-0.2, -0.15) is 5.10 Å². The van der Waals surface area contributed by atoms with Crippen LogP contribution in [0.25, 0.3) is 10.9 Å². The summed E-state index contributed by atoms with van der Waals surface area (Å²) in [7, 11) is 0. The van der Waals surface area contributed by atoms with Crippen molar-refractivity contribution >= 4 is 34.5 Å². The van der Waals surface area contributed by atoms with Gasteiger partial charge in [-0.1, -0.05) is 48.5 Å². The van der Waals surface area contributed by atoms with E-state index in [1.54, 1.807) is 34.1 Å². The number of hydrogen-bond acceptors (Lipinski definition) is 5. The lowest BCUT2D eigenvalue weighted by Gasteiger charge is -2.34. The Balaban J connectivity index is 1.13. The molecule has 0 spiro atoms. The molecule has 36 heavy (non-hydrogen) atoms. The molecule has 3 amide bonds. The second-order valence-corrected chi connectivity index (χ2v) is 8.47. The Morgan fingerprint density at radius 2 is 1.50 bits per heavy atom. The number of fused-ring (bicyclic) bond motifs is 1. The third kappa shape index (κ3) is 5.05. The van der Waals surface area contributed by atoms with Gasteiger partial charge in [0, 0.05) is 42.8 Å². The summed E-state index contributed by atoms with van der Waals surface area (Å²) in [4.78, 5) is 41.3. The van der Waals surface area contributed by atoms with Crippen LogP contribution in [-0.4, -0.2) is 64.1 Å². The van der Waals surface area contributed by atoms with Crippen molar-refractivity contribution in [2.45, 2.75) is 6.61 Å². The molecule has 2 heterocycles. The number of para-hydroxylation sites is 1. The van der Waals surface area contributed by atoms with Gasteiger partial charge in [0.2, 0.25) is 0 Å². The number of aromatic nitrogens is 2. The van der Waals surface area contributed by atoms with Crippen LogP contribution in [-0.2, 0) is 11.3 Å². The predicted molar refractivity (Wildman–Crippen MR) is 135 cm³/mol. The SMILES string of the molecule is O=C(Nc1ccc(C(=O)N2CCN(C(=O)OCc3ccccc3)CC2)cc1)c1n[nH]c2ccccc12. The van der Waals surface area contributed by atoms with E-state index in [2.05, 4.69) is 15.5 Å². The maximum Gasteiger partial charge on any atom is 0.410 e. The topological polar surface area (TPSA) is 108 Å². The number of ether oxygens (including phenoxy) is 1. The number of amides is 3. The molecule has 0 atom stereocenters. The Hall–Kier alpha value is -4.66. The molecule has 0 aliphatic carbocycles. The van der Waals surface area contributed by atoms with Gasteiger partial charge in [-0.3, -0.25) is 14.7 Å². The average molecular weight is 484 g/mol. The molecule has 5 rings (SSSR count). The van der Waals surface area contributed by atoms with E-state index in [0.717, 1.165) is 16.5 Å². The van der Waals surface area contributed by atoms with Crippen molar-refractivity contribution in [3.63, 3.8) is 0 Å². The van der Waals surface area contributed by atoms with E-state index in [-0.39, 0.29) is 24.5 Å². The van der Waals surface area contributed by atoms with Crippen LogP contribution < -0.4 is 5.32 Å². The van der Waals surface area contributed by atoms with Crippen LogP contribution in [0.15, 0.2) is 78.9 Å². The number of carbonyl (C=O) groups is 3. The number of aromatic amines is 1. The molecule has 1 fully saturated rings. The Morgan fingerprint density at radius 1 is 0.833 bits per heavy atom. The fourth-order valence-electron chi connectivity index (χ4n) is 4.11. The van der Waals surface area contributed by atoms with Gasteiger partial charge in [0.1, 0.15) is 6.61 Å². The first kappa shape index (κ1) is 23.1. The van der Waals surface area contributed by atoms with Gasteiger partial charge < -0.3 is 19.9 Å². The zero-order valence-corrected chi connectivity index (χ0v) is 19.5. The first-order chi connectivity index (χ1) is 17.6. The molecule has 0 saturated carbocycles. The van der Waals surface area contributed by atoms with E-state index in [1.807, 2.05) is 54.6 Å². The summed E-state index contributed by atoms with van der Waals surface area (Å²) in [6.45, 7) is 1.88. The van der Waals surface area contributed by atoms with E-state index in [0.29, 0.717) is 43.1 Å². The van der Waals surface area contributed by atoms with E-state index in [9.17, 15) is 14.4 Å². The summed E-state index contributed by atoms with van der Waals surface area (Å²) in [6.07, 6.45) is -0.379. The highest BCUT2D eigenvalue weighted by atomic mass is 16.6. The predicted octanol–water partition coefficient (Wildman–Crippen LogP) is 3.91. The van der Waals surface area contributed by atoms with E-state index >= 15 is 0 Å². The van der Waals surface area contributed by atoms with Crippen molar-refractivity contribution in [2.75, 3.05) is 31.5 Å². The minimum Gasteiger partial charge on any atom is -0.445 e. The minimum absolute atomic E-state index is 0.122. The number of H-pyrrole nitrogens is 1. The average Bonchev–Trinajstić information content (AvgIpc) is 3.37. The van der Waals surface area contributed by atoms with Gasteiger partial charge in [-0.25, -0.2) is 4.79 Å². The van der Waals surface area contributed by atoms with Gasteiger partial charge in [-0.05, 0) is 35.9 Å². The number of hydrogen-bond donors (Lipinski definition) is 2. The molecule has 182 valence electrons. The van der Waals surface area contributed by atoms with Gasteiger partial charge in [-0.15, -0.1) is 0 Å². The standard InChI is InChI=1S/C27H25N5O4/c33-25(24-22-8-4-5-9-23(22)29-30-24)28-21-12-10-20(11-13-21)26(34)31-14-16-32(17-15-31)27(35)36-18-19-6-2-1-3-7-19/h1-13H,14-18H2,(H,28,33)(H,29,30).